The minimum absolute atomic E-state index is 0.0917. The van der Waals surface area contributed by atoms with Crippen LogP contribution in [0.5, 0.6) is 0 Å². The maximum Gasteiger partial charge on any atom is 0.196 e. The summed E-state index contributed by atoms with van der Waals surface area (Å²) in [6.45, 7) is 3.95. The Morgan fingerprint density at radius 1 is 0.774 bits per heavy atom. The van der Waals surface area contributed by atoms with Gasteiger partial charge in [0.05, 0.1) is 0 Å². The van der Waals surface area contributed by atoms with E-state index in [0.29, 0.717) is 17.5 Å². The van der Waals surface area contributed by atoms with Crippen LogP contribution in [0.25, 0.3) is 0 Å². The van der Waals surface area contributed by atoms with E-state index >= 15 is 0 Å². The highest BCUT2D eigenvalue weighted by atomic mass is 16.5. The minimum atomic E-state index is -1.11. The van der Waals surface area contributed by atoms with Crippen LogP contribution in [0.1, 0.15) is 71.9 Å². The summed E-state index contributed by atoms with van der Waals surface area (Å²) in [4.78, 5) is 27.0. The van der Waals surface area contributed by atoms with Crippen molar-refractivity contribution >= 4 is 11.6 Å². The molecule has 0 saturated carbocycles. The van der Waals surface area contributed by atoms with E-state index in [4.69, 9.17) is 4.74 Å². The molecule has 3 nitrogen and oxygen atoms in total. The van der Waals surface area contributed by atoms with Crippen LogP contribution in [0.4, 0.5) is 0 Å². The summed E-state index contributed by atoms with van der Waals surface area (Å²) >= 11 is 0. The molecule has 2 atom stereocenters. The van der Waals surface area contributed by atoms with Crippen LogP contribution in [-0.4, -0.2) is 17.2 Å². The third kappa shape index (κ3) is 5.77. The normalized spacial score (nSPS) is 13.9. The van der Waals surface area contributed by atoms with Gasteiger partial charge in [-0.3, -0.25) is 9.59 Å². The van der Waals surface area contributed by atoms with E-state index < -0.39 is 11.7 Å². The third-order valence-electron chi connectivity index (χ3n) is 5.55. The molecule has 0 fully saturated rings. The van der Waals surface area contributed by atoms with Gasteiger partial charge in [-0.05, 0) is 18.9 Å². The van der Waals surface area contributed by atoms with E-state index in [1.54, 1.807) is 24.3 Å². The smallest absolute Gasteiger partial charge is 0.196 e. The highest BCUT2D eigenvalue weighted by molar-refractivity contribution is 6.03. The van der Waals surface area contributed by atoms with Gasteiger partial charge < -0.3 is 4.74 Å². The molecule has 3 aromatic carbocycles. The fourth-order valence-corrected chi connectivity index (χ4v) is 3.75. The van der Waals surface area contributed by atoms with Crippen LogP contribution in [-0.2, 0) is 4.74 Å². The highest BCUT2D eigenvalue weighted by Gasteiger charge is 2.39. The summed E-state index contributed by atoms with van der Waals surface area (Å²) in [5, 5.41) is 0. The van der Waals surface area contributed by atoms with Gasteiger partial charge in [-0.25, -0.2) is 0 Å². The Balaban J connectivity index is 1.99. The lowest BCUT2D eigenvalue weighted by Crippen LogP contribution is -2.41. The van der Waals surface area contributed by atoms with Crippen molar-refractivity contribution in [1.29, 1.82) is 0 Å². The molecule has 0 aliphatic rings. The van der Waals surface area contributed by atoms with Crippen molar-refractivity contribution in [2.24, 2.45) is 0 Å². The molecule has 0 heterocycles. The van der Waals surface area contributed by atoms with Crippen LogP contribution in [0.15, 0.2) is 91.0 Å². The number of ether oxygens (including phenoxy) is 1. The molecule has 0 aliphatic carbocycles. The molecule has 0 amide bonds. The summed E-state index contributed by atoms with van der Waals surface area (Å²) in [6.07, 6.45) is 2.60. The quantitative estimate of drug-likeness (QED) is 0.254. The molecule has 0 radical (unpaired) electrons. The van der Waals surface area contributed by atoms with E-state index in [2.05, 4.69) is 6.92 Å². The van der Waals surface area contributed by atoms with Crippen LogP contribution in [0.2, 0.25) is 0 Å². The first-order chi connectivity index (χ1) is 15.0. The molecule has 160 valence electrons. The topological polar surface area (TPSA) is 43.4 Å². The van der Waals surface area contributed by atoms with E-state index in [1.807, 2.05) is 73.7 Å². The number of rotatable bonds is 11. The van der Waals surface area contributed by atoms with E-state index in [9.17, 15) is 9.59 Å². The van der Waals surface area contributed by atoms with Crippen LogP contribution in [0, 0.1) is 0 Å². The molecule has 0 aromatic heterocycles. The fourth-order valence-electron chi connectivity index (χ4n) is 3.75. The van der Waals surface area contributed by atoms with Gasteiger partial charge in [-0.2, -0.15) is 0 Å². The molecule has 0 N–H and O–H groups in total. The summed E-state index contributed by atoms with van der Waals surface area (Å²) in [7, 11) is 0. The van der Waals surface area contributed by atoms with Gasteiger partial charge in [0.2, 0.25) is 0 Å². The largest absolute Gasteiger partial charge is 0.351 e. The fraction of sp³-hybridized carbons (Fsp3) is 0.286. The Kier molecular flexibility index (Phi) is 7.91. The summed E-state index contributed by atoms with van der Waals surface area (Å²) in [5.41, 5.74) is 0.806. The Labute approximate surface area is 185 Å². The van der Waals surface area contributed by atoms with Crippen molar-refractivity contribution in [2.75, 3.05) is 0 Å². The zero-order valence-electron chi connectivity index (χ0n) is 18.3. The zero-order valence-corrected chi connectivity index (χ0v) is 18.3. The Morgan fingerprint density at radius 2 is 1.29 bits per heavy atom. The molecule has 3 rings (SSSR count). The summed E-state index contributed by atoms with van der Waals surface area (Å²) in [6, 6.07) is 27.8. The molecule has 3 heteroatoms. The Hall–Kier alpha value is -3.04. The van der Waals surface area contributed by atoms with Crippen LogP contribution in [0.3, 0.4) is 0 Å². The van der Waals surface area contributed by atoms with Crippen molar-refractivity contribution < 1.29 is 14.3 Å². The predicted octanol–water partition coefficient (Wildman–Crippen LogP) is 6.85. The van der Waals surface area contributed by atoms with Gasteiger partial charge >= 0.3 is 0 Å². The van der Waals surface area contributed by atoms with Crippen molar-refractivity contribution in [3.05, 3.63) is 108 Å². The van der Waals surface area contributed by atoms with Gasteiger partial charge in [0.1, 0.15) is 11.7 Å². The second-order valence-electron chi connectivity index (χ2n) is 8.02. The van der Waals surface area contributed by atoms with E-state index in [1.165, 1.54) is 0 Å². The number of carbonyl (C=O) groups is 2. The molecule has 0 spiro atoms. The number of ketones is 2. The first-order valence-corrected chi connectivity index (χ1v) is 11.0. The van der Waals surface area contributed by atoms with Crippen molar-refractivity contribution in [3.8, 4) is 0 Å². The summed E-state index contributed by atoms with van der Waals surface area (Å²) in [5.74, 6) is -0.236. The molecule has 2 unspecified atom stereocenters. The average Bonchev–Trinajstić information content (AvgIpc) is 2.83. The molecule has 3 aromatic rings. The first kappa shape index (κ1) is 22.6. The van der Waals surface area contributed by atoms with Crippen molar-refractivity contribution in [2.45, 2.75) is 51.2 Å². The molecule has 0 aliphatic heterocycles. The second kappa shape index (κ2) is 10.8. The molecular weight excluding hydrogens is 384 g/mol. The number of hydrogen-bond acceptors (Lipinski definition) is 3. The van der Waals surface area contributed by atoms with Crippen LogP contribution >= 0.6 is 0 Å². The minimum Gasteiger partial charge on any atom is -0.351 e. The summed E-state index contributed by atoms with van der Waals surface area (Å²) < 4.78 is 6.50. The van der Waals surface area contributed by atoms with Gasteiger partial charge in [0.25, 0.3) is 0 Å². The standard InChI is InChI=1S/C28H30O3/c1-3-4-14-21-28(2,27(30)24-19-12-7-13-20-24)31-26(23-17-10-6-11-18-23)25(29)22-15-8-5-9-16-22/h5-13,15-20,26H,3-4,14,21H2,1-2H3. The Bertz CT molecular complexity index is 967. The molecule has 31 heavy (non-hydrogen) atoms. The molecule has 0 bridgehead atoms. The lowest BCUT2D eigenvalue weighted by molar-refractivity contribution is -0.0547. The number of carbonyl (C=O) groups excluding carboxylic acids is 2. The van der Waals surface area contributed by atoms with Crippen molar-refractivity contribution in [3.63, 3.8) is 0 Å². The average molecular weight is 415 g/mol. The zero-order chi connectivity index (χ0) is 22.1. The Morgan fingerprint density at radius 3 is 1.84 bits per heavy atom. The van der Waals surface area contributed by atoms with Crippen molar-refractivity contribution in [1.82, 2.24) is 0 Å². The number of benzene rings is 3. The second-order valence-corrected chi connectivity index (χ2v) is 8.02. The lowest BCUT2D eigenvalue weighted by atomic mass is 9.88. The third-order valence-corrected chi connectivity index (χ3v) is 5.55. The van der Waals surface area contributed by atoms with E-state index in [-0.39, 0.29) is 11.6 Å². The molecule has 0 saturated heterocycles. The highest BCUT2D eigenvalue weighted by Crippen LogP contribution is 2.33. The maximum absolute atomic E-state index is 13.6. The number of hydrogen-bond donors (Lipinski definition) is 0. The van der Waals surface area contributed by atoms with Crippen LogP contribution < -0.4 is 0 Å². The first-order valence-electron chi connectivity index (χ1n) is 11.0. The van der Waals surface area contributed by atoms with Gasteiger partial charge in [-0.1, -0.05) is 117 Å². The molecular formula is C28H30O3. The maximum atomic E-state index is 13.6. The number of unbranched alkanes of at least 4 members (excludes halogenated alkanes) is 2. The SMILES string of the molecule is CCCCCC(C)(OC(C(=O)c1ccccc1)c1ccccc1)C(=O)c1ccccc1. The van der Waals surface area contributed by atoms with Gasteiger partial charge in [0.15, 0.2) is 11.6 Å². The van der Waals surface area contributed by atoms with E-state index in [0.717, 1.165) is 24.8 Å². The van der Waals surface area contributed by atoms with Gasteiger partial charge in [-0.15, -0.1) is 0 Å². The number of Topliss-reactive ketones (excluding diaryl/α,β-unsaturated/α-hetero) is 2. The predicted molar refractivity (Wildman–Crippen MR) is 124 cm³/mol. The van der Waals surface area contributed by atoms with Gasteiger partial charge in [0, 0.05) is 11.1 Å². The monoisotopic (exact) mass is 414 g/mol. The lowest BCUT2D eigenvalue weighted by Gasteiger charge is -2.33.